The first-order chi connectivity index (χ1) is 9.22. The van der Waals surface area contributed by atoms with Gasteiger partial charge in [0.2, 0.25) is 0 Å². The molecular weight excluding hydrogens is 240 g/mol. The molecule has 19 heavy (non-hydrogen) atoms. The lowest BCUT2D eigenvalue weighted by Crippen LogP contribution is -2.49. The summed E-state index contributed by atoms with van der Waals surface area (Å²) in [6, 6.07) is 9.66. The molecule has 0 bridgehead atoms. The van der Waals surface area contributed by atoms with Gasteiger partial charge in [-0.3, -0.25) is 4.79 Å². The molecule has 3 N–H and O–H groups in total. The van der Waals surface area contributed by atoms with Gasteiger partial charge in [0.15, 0.2) is 0 Å². The van der Waals surface area contributed by atoms with Crippen LogP contribution < -0.4 is 5.32 Å². The van der Waals surface area contributed by atoms with Crippen molar-refractivity contribution in [3.05, 3.63) is 36.0 Å². The maximum absolute atomic E-state index is 12.3. The van der Waals surface area contributed by atoms with Crippen molar-refractivity contribution in [2.45, 2.75) is 31.2 Å². The van der Waals surface area contributed by atoms with E-state index in [2.05, 4.69) is 10.3 Å². The van der Waals surface area contributed by atoms with Crippen LogP contribution in [0.5, 0.6) is 0 Å². The lowest BCUT2D eigenvalue weighted by Gasteiger charge is -2.27. The van der Waals surface area contributed by atoms with Crippen LogP contribution >= 0.6 is 0 Å². The maximum Gasteiger partial charge on any atom is 0.268 e. The first-order valence-corrected chi connectivity index (χ1v) is 6.74. The Morgan fingerprint density at radius 3 is 2.74 bits per heavy atom. The SMILES string of the molecule is O=C(NC1(CO)CCCC1)c1cc2ccccc2[nH]1. The molecule has 4 nitrogen and oxygen atoms in total. The second-order valence-electron chi connectivity index (χ2n) is 5.37. The number of aromatic nitrogens is 1. The quantitative estimate of drug-likeness (QED) is 0.790. The highest BCUT2D eigenvalue weighted by molar-refractivity contribution is 5.98. The van der Waals surface area contributed by atoms with E-state index < -0.39 is 5.54 Å². The van der Waals surface area contributed by atoms with Crippen molar-refractivity contribution < 1.29 is 9.90 Å². The molecule has 1 saturated carbocycles. The highest BCUT2D eigenvalue weighted by Crippen LogP contribution is 2.29. The molecule has 0 unspecified atom stereocenters. The van der Waals surface area contributed by atoms with Crippen LogP contribution in [0.15, 0.2) is 30.3 Å². The molecule has 1 aliphatic carbocycles. The van der Waals surface area contributed by atoms with E-state index in [-0.39, 0.29) is 12.5 Å². The molecule has 1 amide bonds. The first kappa shape index (κ1) is 12.2. The number of para-hydroxylation sites is 1. The third kappa shape index (κ3) is 2.24. The predicted octanol–water partition coefficient (Wildman–Crippen LogP) is 2.20. The lowest BCUT2D eigenvalue weighted by molar-refractivity contribution is 0.0834. The normalized spacial score (nSPS) is 17.7. The molecule has 0 aliphatic heterocycles. The zero-order valence-corrected chi connectivity index (χ0v) is 10.8. The Morgan fingerprint density at radius 1 is 1.32 bits per heavy atom. The second kappa shape index (κ2) is 4.70. The molecule has 0 radical (unpaired) electrons. The third-order valence-corrected chi connectivity index (χ3v) is 4.02. The molecule has 2 aromatic rings. The summed E-state index contributed by atoms with van der Waals surface area (Å²) in [5.41, 5.74) is 1.09. The number of H-pyrrole nitrogens is 1. The van der Waals surface area contributed by atoms with E-state index in [0.29, 0.717) is 5.69 Å². The van der Waals surface area contributed by atoms with Crippen molar-refractivity contribution in [3.8, 4) is 0 Å². The van der Waals surface area contributed by atoms with Crippen LogP contribution in [0.25, 0.3) is 10.9 Å². The molecule has 4 heteroatoms. The number of amides is 1. The van der Waals surface area contributed by atoms with Gasteiger partial charge in [0.1, 0.15) is 5.69 Å². The molecule has 1 aliphatic rings. The monoisotopic (exact) mass is 258 g/mol. The Bertz CT molecular complexity index is 564. The van der Waals surface area contributed by atoms with Crippen molar-refractivity contribution in [3.63, 3.8) is 0 Å². The number of hydrogen-bond donors (Lipinski definition) is 3. The van der Waals surface area contributed by atoms with Gasteiger partial charge in [-0.05, 0) is 25.0 Å². The molecule has 1 aromatic carbocycles. The minimum Gasteiger partial charge on any atom is -0.394 e. The summed E-state index contributed by atoms with van der Waals surface area (Å²) >= 11 is 0. The largest absolute Gasteiger partial charge is 0.394 e. The fourth-order valence-electron chi connectivity index (χ4n) is 2.88. The molecule has 0 saturated heterocycles. The summed E-state index contributed by atoms with van der Waals surface area (Å²) in [6.07, 6.45) is 3.84. The van der Waals surface area contributed by atoms with Crippen LogP contribution in [0.1, 0.15) is 36.2 Å². The van der Waals surface area contributed by atoms with E-state index in [1.54, 1.807) is 0 Å². The van der Waals surface area contributed by atoms with E-state index in [4.69, 9.17) is 0 Å². The van der Waals surface area contributed by atoms with Crippen molar-refractivity contribution in [1.82, 2.24) is 10.3 Å². The van der Waals surface area contributed by atoms with Gasteiger partial charge in [-0.25, -0.2) is 0 Å². The van der Waals surface area contributed by atoms with Crippen molar-refractivity contribution in [2.75, 3.05) is 6.61 Å². The Hall–Kier alpha value is -1.81. The van der Waals surface area contributed by atoms with Crippen LogP contribution in [0.4, 0.5) is 0 Å². The van der Waals surface area contributed by atoms with Gasteiger partial charge >= 0.3 is 0 Å². The summed E-state index contributed by atoms with van der Waals surface area (Å²) in [6.45, 7) is 0.0129. The number of rotatable bonds is 3. The second-order valence-corrected chi connectivity index (χ2v) is 5.37. The van der Waals surface area contributed by atoms with Gasteiger partial charge in [-0.2, -0.15) is 0 Å². The molecular formula is C15H18N2O2. The number of carbonyl (C=O) groups is 1. The molecule has 1 heterocycles. The van der Waals surface area contributed by atoms with Crippen LogP contribution in [0.3, 0.4) is 0 Å². The minimum absolute atomic E-state index is 0.0129. The predicted molar refractivity (Wildman–Crippen MR) is 74.0 cm³/mol. The van der Waals surface area contributed by atoms with Crippen LogP contribution in [0.2, 0.25) is 0 Å². The third-order valence-electron chi connectivity index (χ3n) is 4.02. The van der Waals surface area contributed by atoms with E-state index in [1.165, 1.54) is 0 Å². The Morgan fingerprint density at radius 2 is 2.05 bits per heavy atom. The summed E-state index contributed by atoms with van der Waals surface area (Å²) in [4.78, 5) is 15.4. The molecule has 100 valence electrons. The topological polar surface area (TPSA) is 65.1 Å². The van der Waals surface area contributed by atoms with Crippen LogP contribution in [0, 0.1) is 0 Å². The average molecular weight is 258 g/mol. The molecule has 3 rings (SSSR count). The van der Waals surface area contributed by atoms with Gasteiger partial charge in [0, 0.05) is 10.9 Å². The number of carbonyl (C=O) groups excluding carboxylic acids is 1. The van der Waals surface area contributed by atoms with E-state index in [1.807, 2.05) is 30.3 Å². The first-order valence-electron chi connectivity index (χ1n) is 6.74. The fraction of sp³-hybridized carbons (Fsp3) is 0.400. The number of benzene rings is 1. The molecule has 1 aromatic heterocycles. The summed E-state index contributed by atoms with van der Waals surface area (Å²) in [5, 5.41) is 13.6. The number of fused-ring (bicyclic) bond motifs is 1. The lowest BCUT2D eigenvalue weighted by atomic mass is 9.99. The van der Waals surface area contributed by atoms with Gasteiger partial charge in [0.05, 0.1) is 12.1 Å². The Balaban J connectivity index is 1.83. The zero-order valence-electron chi connectivity index (χ0n) is 10.8. The van der Waals surface area contributed by atoms with Gasteiger partial charge in [-0.15, -0.1) is 0 Å². The van der Waals surface area contributed by atoms with E-state index >= 15 is 0 Å². The standard InChI is InChI=1S/C15H18N2O2/c18-10-15(7-3-4-8-15)17-14(19)13-9-11-5-1-2-6-12(11)16-13/h1-2,5-6,9,16,18H,3-4,7-8,10H2,(H,17,19). The summed E-state index contributed by atoms with van der Waals surface area (Å²) < 4.78 is 0. The zero-order chi connectivity index (χ0) is 13.3. The summed E-state index contributed by atoms with van der Waals surface area (Å²) in [7, 11) is 0. The smallest absolute Gasteiger partial charge is 0.268 e. The average Bonchev–Trinajstić information content (AvgIpc) is 3.05. The highest BCUT2D eigenvalue weighted by Gasteiger charge is 2.35. The van der Waals surface area contributed by atoms with Gasteiger partial charge < -0.3 is 15.4 Å². The van der Waals surface area contributed by atoms with Gasteiger partial charge in [-0.1, -0.05) is 31.0 Å². The van der Waals surface area contributed by atoms with E-state index in [9.17, 15) is 9.90 Å². The van der Waals surface area contributed by atoms with Gasteiger partial charge in [0.25, 0.3) is 5.91 Å². The molecule has 0 spiro atoms. The van der Waals surface area contributed by atoms with Crippen molar-refractivity contribution in [2.24, 2.45) is 0 Å². The number of hydrogen-bond acceptors (Lipinski definition) is 2. The van der Waals surface area contributed by atoms with Crippen molar-refractivity contribution in [1.29, 1.82) is 0 Å². The number of aromatic amines is 1. The highest BCUT2D eigenvalue weighted by atomic mass is 16.3. The van der Waals surface area contributed by atoms with E-state index in [0.717, 1.165) is 36.6 Å². The maximum atomic E-state index is 12.3. The molecule has 0 atom stereocenters. The number of nitrogens with one attached hydrogen (secondary N) is 2. The summed E-state index contributed by atoms with van der Waals surface area (Å²) in [5.74, 6) is -0.132. The Kier molecular flexibility index (Phi) is 3.03. The van der Waals surface area contributed by atoms with Crippen LogP contribution in [-0.2, 0) is 0 Å². The molecule has 1 fully saturated rings. The number of aliphatic hydroxyl groups excluding tert-OH is 1. The fourth-order valence-corrected chi connectivity index (χ4v) is 2.88. The van der Waals surface area contributed by atoms with Crippen LogP contribution in [-0.4, -0.2) is 28.1 Å². The number of aliphatic hydroxyl groups is 1. The minimum atomic E-state index is -0.422. The van der Waals surface area contributed by atoms with Crippen molar-refractivity contribution >= 4 is 16.8 Å². The Labute approximate surface area is 111 Å².